The minimum Gasteiger partial charge on any atom is -0.477 e. The molecule has 2 fully saturated rings. The van der Waals surface area contributed by atoms with Crippen LogP contribution in [0.2, 0.25) is 0 Å². The van der Waals surface area contributed by atoms with Gasteiger partial charge in [-0.3, -0.25) is 14.5 Å². The van der Waals surface area contributed by atoms with E-state index in [1.165, 1.54) is 10.9 Å². The molecule has 154 valence electrons. The molecule has 2 saturated heterocycles. The Morgan fingerprint density at radius 1 is 1.41 bits per heavy atom. The predicted molar refractivity (Wildman–Crippen MR) is 106 cm³/mol. The number of pyridine rings is 1. The first-order valence-corrected chi connectivity index (χ1v) is 9.64. The van der Waals surface area contributed by atoms with Crippen molar-refractivity contribution in [1.29, 1.82) is 0 Å². The lowest BCUT2D eigenvalue weighted by atomic mass is 9.94. The zero-order valence-electron chi connectivity index (χ0n) is 15.9. The standard InChI is InChI=1S/C19H22FN5O4/c1-23-8-29-18-15-12(17(26)10(19(27)28)6-25(15)23)14(21)13(20)16(18)24-5-9-3-2-4-22-11(9)7-24/h6,9,11,22H,2-5,7-8,21H2,1H3,(H,27,28). The van der Waals surface area contributed by atoms with Crippen LogP contribution in [0.3, 0.4) is 0 Å². The van der Waals surface area contributed by atoms with Crippen LogP contribution in [0, 0.1) is 11.7 Å². The first-order valence-electron chi connectivity index (χ1n) is 9.64. The molecule has 3 aliphatic rings. The van der Waals surface area contributed by atoms with Gasteiger partial charge in [-0.15, -0.1) is 0 Å². The van der Waals surface area contributed by atoms with Gasteiger partial charge < -0.3 is 25.8 Å². The summed E-state index contributed by atoms with van der Waals surface area (Å²) in [5.41, 5.74) is 4.98. The van der Waals surface area contributed by atoms with Crippen LogP contribution in [0.1, 0.15) is 23.2 Å². The minimum atomic E-state index is -1.39. The smallest absolute Gasteiger partial charge is 0.341 e. The van der Waals surface area contributed by atoms with E-state index in [9.17, 15) is 14.7 Å². The molecule has 0 radical (unpaired) electrons. The second-order valence-electron chi connectivity index (χ2n) is 7.95. The van der Waals surface area contributed by atoms with E-state index in [2.05, 4.69) is 5.32 Å². The number of aromatic nitrogens is 1. The van der Waals surface area contributed by atoms with E-state index < -0.39 is 22.8 Å². The molecule has 2 aromatic rings. The molecule has 0 amide bonds. The van der Waals surface area contributed by atoms with Crippen LogP contribution in [-0.4, -0.2) is 55.2 Å². The minimum absolute atomic E-state index is 0.0827. The molecular formula is C19H22FN5O4. The number of carboxylic acid groups (broad SMARTS) is 1. The average Bonchev–Trinajstić information content (AvgIpc) is 3.11. The lowest BCUT2D eigenvalue weighted by molar-refractivity contribution is 0.0694. The molecule has 10 heteroatoms. The molecule has 29 heavy (non-hydrogen) atoms. The number of halogens is 1. The number of carbonyl (C=O) groups is 1. The van der Waals surface area contributed by atoms with Gasteiger partial charge in [0.25, 0.3) is 0 Å². The lowest BCUT2D eigenvalue weighted by Crippen LogP contribution is -2.41. The summed E-state index contributed by atoms with van der Waals surface area (Å²) in [4.78, 5) is 26.3. The van der Waals surface area contributed by atoms with E-state index in [1.54, 1.807) is 12.1 Å². The van der Waals surface area contributed by atoms with Gasteiger partial charge in [-0.1, -0.05) is 0 Å². The van der Waals surface area contributed by atoms with Crippen LogP contribution in [-0.2, 0) is 0 Å². The summed E-state index contributed by atoms with van der Waals surface area (Å²) in [6.07, 6.45) is 3.40. The van der Waals surface area contributed by atoms with Gasteiger partial charge in [0.15, 0.2) is 18.3 Å². The van der Waals surface area contributed by atoms with E-state index >= 15 is 4.39 Å². The Kier molecular flexibility index (Phi) is 3.89. The first kappa shape index (κ1) is 18.0. The van der Waals surface area contributed by atoms with Gasteiger partial charge in [0.2, 0.25) is 5.43 Å². The predicted octanol–water partition coefficient (Wildman–Crippen LogP) is 0.527. The molecule has 1 aromatic carbocycles. The van der Waals surface area contributed by atoms with Crippen LogP contribution in [0.5, 0.6) is 5.75 Å². The summed E-state index contributed by atoms with van der Waals surface area (Å²) in [6.45, 7) is 2.32. The van der Waals surface area contributed by atoms with Crippen LogP contribution in [0.25, 0.3) is 10.9 Å². The van der Waals surface area contributed by atoms with Crippen molar-refractivity contribution in [3.63, 3.8) is 0 Å². The normalized spacial score (nSPS) is 23.2. The second kappa shape index (κ2) is 6.24. The fraction of sp³-hybridized carbons (Fsp3) is 0.474. The van der Waals surface area contributed by atoms with E-state index in [0.717, 1.165) is 19.4 Å². The Morgan fingerprint density at radius 3 is 2.93 bits per heavy atom. The van der Waals surface area contributed by atoms with E-state index in [4.69, 9.17) is 10.5 Å². The zero-order valence-corrected chi connectivity index (χ0v) is 15.9. The van der Waals surface area contributed by atoms with E-state index in [-0.39, 0.29) is 35.3 Å². The number of hydrogen-bond donors (Lipinski definition) is 3. The number of hydrogen-bond acceptors (Lipinski definition) is 7. The van der Waals surface area contributed by atoms with Gasteiger partial charge in [0, 0.05) is 32.4 Å². The van der Waals surface area contributed by atoms with Gasteiger partial charge in [-0.25, -0.2) is 9.18 Å². The largest absolute Gasteiger partial charge is 0.477 e. The van der Waals surface area contributed by atoms with Crippen molar-refractivity contribution in [2.45, 2.75) is 18.9 Å². The summed E-state index contributed by atoms with van der Waals surface area (Å²) < 4.78 is 22.9. The monoisotopic (exact) mass is 403 g/mol. The SMILES string of the molecule is CN1COc2c(N3CC4CCCNC4C3)c(F)c(N)c3c(=O)c(C(=O)O)cn1c23. The summed E-state index contributed by atoms with van der Waals surface area (Å²) in [5.74, 6) is -1.48. The average molecular weight is 403 g/mol. The molecule has 5 rings (SSSR count). The molecule has 1 aromatic heterocycles. The number of rotatable bonds is 2. The van der Waals surface area contributed by atoms with Crippen LogP contribution >= 0.6 is 0 Å². The molecule has 4 heterocycles. The van der Waals surface area contributed by atoms with Crippen molar-refractivity contribution in [2.75, 3.05) is 49.1 Å². The summed E-state index contributed by atoms with van der Waals surface area (Å²) >= 11 is 0. The Balaban J connectivity index is 1.78. The highest BCUT2D eigenvalue weighted by Crippen LogP contribution is 2.45. The number of benzene rings is 1. The highest BCUT2D eigenvalue weighted by atomic mass is 19.1. The fourth-order valence-electron chi connectivity index (χ4n) is 4.81. The number of nitrogens with zero attached hydrogens (tertiary/aromatic N) is 3. The van der Waals surface area contributed by atoms with Gasteiger partial charge in [0.05, 0.1) is 11.1 Å². The molecule has 2 unspecified atom stereocenters. The molecule has 0 bridgehead atoms. The van der Waals surface area contributed by atoms with Crippen molar-refractivity contribution in [2.24, 2.45) is 5.92 Å². The van der Waals surface area contributed by atoms with Gasteiger partial charge >= 0.3 is 5.97 Å². The van der Waals surface area contributed by atoms with Crippen molar-refractivity contribution >= 4 is 28.2 Å². The Bertz CT molecular complexity index is 1090. The molecule has 0 aliphatic carbocycles. The number of anilines is 2. The second-order valence-corrected chi connectivity index (χ2v) is 7.95. The maximum Gasteiger partial charge on any atom is 0.341 e. The van der Waals surface area contributed by atoms with E-state index in [1.807, 2.05) is 4.90 Å². The number of nitrogen functional groups attached to an aromatic ring is 1. The maximum atomic E-state index is 15.5. The van der Waals surface area contributed by atoms with Crippen molar-refractivity contribution < 1.29 is 19.0 Å². The molecule has 0 saturated carbocycles. The topological polar surface area (TPSA) is 113 Å². The van der Waals surface area contributed by atoms with Crippen molar-refractivity contribution in [3.05, 3.63) is 27.8 Å². The van der Waals surface area contributed by atoms with Crippen molar-refractivity contribution in [3.8, 4) is 5.75 Å². The maximum absolute atomic E-state index is 15.5. The first-order chi connectivity index (χ1) is 13.9. The van der Waals surface area contributed by atoms with Crippen LogP contribution in [0.15, 0.2) is 11.0 Å². The van der Waals surface area contributed by atoms with Crippen LogP contribution < -0.4 is 31.1 Å². The zero-order chi connectivity index (χ0) is 20.4. The number of ether oxygens (including phenoxy) is 1. The quantitative estimate of drug-likeness (QED) is 0.623. The summed E-state index contributed by atoms with van der Waals surface area (Å²) in [6, 6.07) is 0.273. The molecular weight excluding hydrogens is 381 g/mol. The summed E-state index contributed by atoms with van der Waals surface area (Å²) in [7, 11) is 1.69. The fourth-order valence-corrected chi connectivity index (χ4v) is 4.81. The lowest BCUT2D eigenvalue weighted by Gasteiger charge is -2.34. The van der Waals surface area contributed by atoms with Crippen molar-refractivity contribution in [1.82, 2.24) is 9.99 Å². The number of fused-ring (bicyclic) bond motifs is 1. The number of aromatic carboxylic acids is 1. The Hall–Kier alpha value is -3.01. The molecule has 4 N–H and O–H groups in total. The Labute approximate surface area is 165 Å². The molecule has 9 nitrogen and oxygen atoms in total. The third-order valence-electron chi connectivity index (χ3n) is 6.24. The number of nitrogens with two attached hydrogens (primary N) is 1. The molecule has 0 spiro atoms. The number of nitrogens with one attached hydrogen (secondary N) is 1. The summed E-state index contributed by atoms with van der Waals surface area (Å²) in [5, 5.41) is 14.3. The van der Waals surface area contributed by atoms with Crippen LogP contribution in [0.4, 0.5) is 15.8 Å². The van der Waals surface area contributed by atoms with Gasteiger partial charge in [0.1, 0.15) is 16.8 Å². The third kappa shape index (κ3) is 2.48. The van der Waals surface area contributed by atoms with Gasteiger partial charge in [-0.2, -0.15) is 0 Å². The Morgan fingerprint density at radius 2 is 2.21 bits per heavy atom. The third-order valence-corrected chi connectivity index (χ3v) is 6.24. The van der Waals surface area contributed by atoms with Gasteiger partial charge in [-0.05, 0) is 25.3 Å². The highest BCUT2D eigenvalue weighted by molar-refractivity contribution is 6.03. The van der Waals surface area contributed by atoms with E-state index in [0.29, 0.717) is 24.5 Å². The molecule has 3 aliphatic heterocycles. The number of carboxylic acids is 1. The number of piperidine rings is 1. The highest BCUT2D eigenvalue weighted by Gasteiger charge is 2.39. The molecule has 2 atom stereocenters.